The van der Waals surface area contributed by atoms with E-state index in [9.17, 15) is 9.59 Å². The zero-order valence-electron chi connectivity index (χ0n) is 9.69. The first-order valence-electron chi connectivity index (χ1n) is 5.67. The Labute approximate surface area is 95.7 Å². The van der Waals surface area contributed by atoms with Crippen LogP contribution in [0.1, 0.15) is 26.7 Å². The van der Waals surface area contributed by atoms with Gasteiger partial charge in [-0.05, 0) is 42.1 Å². The maximum atomic E-state index is 11.4. The summed E-state index contributed by atoms with van der Waals surface area (Å²) < 4.78 is 0. The van der Waals surface area contributed by atoms with Crippen LogP contribution in [0.5, 0.6) is 0 Å². The van der Waals surface area contributed by atoms with Gasteiger partial charge in [-0.3, -0.25) is 9.59 Å². The van der Waals surface area contributed by atoms with Crippen LogP contribution in [0.15, 0.2) is 35.5 Å². The Morgan fingerprint density at radius 2 is 2.19 bits per heavy atom. The summed E-state index contributed by atoms with van der Waals surface area (Å²) in [7, 11) is 0. The summed E-state index contributed by atoms with van der Waals surface area (Å²) in [6.45, 7) is 4.19. The molecule has 0 aromatic carbocycles. The molecule has 0 radical (unpaired) electrons. The Morgan fingerprint density at radius 3 is 2.88 bits per heavy atom. The molecule has 2 heteroatoms. The summed E-state index contributed by atoms with van der Waals surface area (Å²) in [6.07, 6.45) is 10.0. The molecule has 0 heterocycles. The number of allylic oxidation sites excluding steroid dienone is 6. The van der Waals surface area contributed by atoms with Crippen molar-refractivity contribution in [1.29, 1.82) is 0 Å². The van der Waals surface area contributed by atoms with E-state index in [1.807, 2.05) is 12.2 Å². The van der Waals surface area contributed by atoms with E-state index in [0.717, 1.165) is 30.3 Å². The summed E-state index contributed by atoms with van der Waals surface area (Å²) >= 11 is 0. The number of carbonyl (C=O) groups excluding carboxylic acids is 2. The van der Waals surface area contributed by atoms with Crippen LogP contribution in [0.3, 0.4) is 0 Å². The van der Waals surface area contributed by atoms with Gasteiger partial charge in [-0.15, -0.1) is 0 Å². The maximum Gasteiger partial charge on any atom is 0.178 e. The van der Waals surface area contributed by atoms with Gasteiger partial charge in [0.2, 0.25) is 0 Å². The second-order valence-corrected chi connectivity index (χ2v) is 4.95. The van der Waals surface area contributed by atoms with Crippen molar-refractivity contribution in [1.82, 2.24) is 0 Å². The molecular weight excluding hydrogens is 200 g/mol. The predicted molar refractivity (Wildman–Crippen MR) is 62.9 cm³/mol. The van der Waals surface area contributed by atoms with Gasteiger partial charge in [0.05, 0.1) is 0 Å². The molecule has 16 heavy (non-hydrogen) atoms. The van der Waals surface area contributed by atoms with Crippen molar-refractivity contribution in [2.75, 3.05) is 0 Å². The Kier molecular flexibility index (Phi) is 2.66. The molecule has 0 bridgehead atoms. The quantitative estimate of drug-likeness (QED) is 0.631. The highest BCUT2D eigenvalue weighted by molar-refractivity contribution is 6.01. The molecule has 0 spiro atoms. The smallest absolute Gasteiger partial charge is 0.178 e. The highest BCUT2D eigenvalue weighted by Crippen LogP contribution is 2.42. The lowest BCUT2D eigenvalue weighted by molar-refractivity contribution is -0.110. The van der Waals surface area contributed by atoms with E-state index >= 15 is 0 Å². The van der Waals surface area contributed by atoms with Crippen LogP contribution in [-0.2, 0) is 9.59 Å². The molecule has 2 rings (SSSR count). The van der Waals surface area contributed by atoms with Crippen molar-refractivity contribution >= 4 is 12.1 Å². The van der Waals surface area contributed by atoms with E-state index in [4.69, 9.17) is 0 Å². The summed E-state index contributed by atoms with van der Waals surface area (Å²) in [6, 6.07) is 0. The number of carbonyl (C=O) groups is 2. The third-order valence-electron chi connectivity index (χ3n) is 3.70. The van der Waals surface area contributed by atoms with E-state index in [-0.39, 0.29) is 17.1 Å². The number of hydrogen-bond donors (Lipinski definition) is 0. The van der Waals surface area contributed by atoms with Gasteiger partial charge in [0.25, 0.3) is 0 Å². The van der Waals surface area contributed by atoms with Crippen molar-refractivity contribution in [3.8, 4) is 0 Å². The van der Waals surface area contributed by atoms with Crippen LogP contribution in [0.2, 0.25) is 0 Å². The molecule has 0 N–H and O–H groups in total. The fraction of sp³-hybridized carbons (Fsp3) is 0.429. The fourth-order valence-corrected chi connectivity index (χ4v) is 2.32. The molecule has 0 fully saturated rings. The molecule has 0 amide bonds. The Hall–Kier alpha value is -1.44. The molecule has 0 saturated heterocycles. The van der Waals surface area contributed by atoms with E-state index in [1.165, 1.54) is 0 Å². The molecule has 0 saturated carbocycles. The predicted octanol–water partition coefficient (Wildman–Crippen LogP) is 2.61. The third-order valence-corrected chi connectivity index (χ3v) is 3.70. The van der Waals surface area contributed by atoms with Gasteiger partial charge in [-0.1, -0.05) is 26.0 Å². The second kappa shape index (κ2) is 3.85. The van der Waals surface area contributed by atoms with Crippen molar-refractivity contribution < 1.29 is 9.59 Å². The minimum Gasteiger partial charge on any atom is -0.298 e. The lowest BCUT2D eigenvalue weighted by Crippen LogP contribution is -2.19. The van der Waals surface area contributed by atoms with Crippen LogP contribution in [0, 0.1) is 11.3 Å². The van der Waals surface area contributed by atoms with Crippen LogP contribution < -0.4 is 0 Å². The Bertz CT molecular complexity index is 426. The summed E-state index contributed by atoms with van der Waals surface area (Å²) in [5, 5.41) is 0. The number of fused-ring (bicyclic) bond motifs is 1. The number of ketones is 1. The van der Waals surface area contributed by atoms with Crippen molar-refractivity contribution in [3.63, 3.8) is 0 Å². The molecular formula is C14H16O2. The zero-order chi connectivity index (χ0) is 11.8. The summed E-state index contributed by atoms with van der Waals surface area (Å²) in [5.41, 5.74) is 1.71. The minimum atomic E-state index is -0.0765. The first kappa shape index (κ1) is 11.1. The van der Waals surface area contributed by atoms with Gasteiger partial charge in [0.1, 0.15) is 6.29 Å². The van der Waals surface area contributed by atoms with Gasteiger partial charge in [-0.25, -0.2) is 0 Å². The number of rotatable bonds is 1. The van der Waals surface area contributed by atoms with Crippen LogP contribution in [0.25, 0.3) is 0 Å². The second-order valence-electron chi connectivity index (χ2n) is 4.95. The summed E-state index contributed by atoms with van der Waals surface area (Å²) in [5.74, 6) is 0.299. The van der Waals surface area contributed by atoms with Gasteiger partial charge in [0.15, 0.2) is 5.78 Å². The highest BCUT2D eigenvalue weighted by Gasteiger charge is 2.31. The lowest BCUT2D eigenvalue weighted by atomic mass is 9.75. The normalized spacial score (nSPS) is 33.6. The number of aldehydes is 1. The topological polar surface area (TPSA) is 34.1 Å². The van der Waals surface area contributed by atoms with Crippen molar-refractivity contribution in [2.45, 2.75) is 26.7 Å². The molecule has 2 atom stereocenters. The first-order valence-corrected chi connectivity index (χ1v) is 5.67. The Balaban J connectivity index is 2.48. The Morgan fingerprint density at radius 1 is 1.44 bits per heavy atom. The highest BCUT2D eigenvalue weighted by atomic mass is 16.1. The van der Waals surface area contributed by atoms with E-state index in [0.29, 0.717) is 0 Å². The van der Waals surface area contributed by atoms with Gasteiger partial charge in [-0.2, -0.15) is 0 Å². The number of hydrogen-bond acceptors (Lipinski definition) is 2. The summed E-state index contributed by atoms with van der Waals surface area (Å²) in [4.78, 5) is 22.4. The van der Waals surface area contributed by atoms with Gasteiger partial charge in [0, 0.05) is 5.41 Å². The SMILES string of the molecule is CC1CCC2(C)C=CC(=O)C=C2C=C1C=O. The standard InChI is InChI=1S/C14H16O2/c1-10-3-5-14(2)6-4-13(16)8-12(14)7-11(10)9-15/h4,6-10H,3,5H2,1-2H3. The molecule has 2 aliphatic carbocycles. The molecule has 84 valence electrons. The van der Waals surface area contributed by atoms with E-state index in [2.05, 4.69) is 13.8 Å². The zero-order valence-corrected chi connectivity index (χ0v) is 9.69. The largest absolute Gasteiger partial charge is 0.298 e. The first-order chi connectivity index (χ1) is 7.55. The maximum absolute atomic E-state index is 11.4. The average molecular weight is 216 g/mol. The third kappa shape index (κ3) is 1.80. The molecule has 0 aliphatic heterocycles. The minimum absolute atomic E-state index is 0.0172. The van der Waals surface area contributed by atoms with Crippen LogP contribution in [-0.4, -0.2) is 12.1 Å². The molecule has 0 aromatic rings. The fourth-order valence-electron chi connectivity index (χ4n) is 2.32. The van der Waals surface area contributed by atoms with Crippen LogP contribution >= 0.6 is 0 Å². The van der Waals surface area contributed by atoms with Gasteiger partial charge < -0.3 is 0 Å². The molecule has 2 nitrogen and oxygen atoms in total. The van der Waals surface area contributed by atoms with E-state index < -0.39 is 0 Å². The van der Waals surface area contributed by atoms with Crippen LogP contribution in [0.4, 0.5) is 0 Å². The molecule has 2 unspecified atom stereocenters. The molecule has 2 aliphatic rings. The molecule has 0 aromatic heterocycles. The van der Waals surface area contributed by atoms with E-state index in [1.54, 1.807) is 12.2 Å². The monoisotopic (exact) mass is 216 g/mol. The lowest BCUT2D eigenvalue weighted by Gasteiger charge is -2.28. The van der Waals surface area contributed by atoms with Gasteiger partial charge >= 0.3 is 0 Å². The average Bonchev–Trinajstić information content (AvgIpc) is 2.38. The van der Waals surface area contributed by atoms with Crippen molar-refractivity contribution in [2.24, 2.45) is 11.3 Å². The van der Waals surface area contributed by atoms with Crippen molar-refractivity contribution in [3.05, 3.63) is 35.5 Å².